The zero-order valence-electron chi connectivity index (χ0n) is 9.71. The number of carboxylic acids is 1. The summed E-state index contributed by atoms with van der Waals surface area (Å²) in [6, 6.07) is -0.505. The van der Waals surface area contributed by atoms with Gasteiger partial charge < -0.3 is 21.1 Å². The number of carbonyl (C=O) groups excluding carboxylic acids is 2. The van der Waals surface area contributed by atoms with Crippen molar-refractivity contribution in [2.24, 2.45) is 0 Å². The molecule has 1 aliphatic carbocycles. The molecule has 0 radical (unpaired) electrons. The van der Waals surface area contributed by atoms with E-state index in [1.165, 1.54) is 7.05 Å². The van der Waals surface area contributed by atoms with E-state index in [9.17, 15) is 14.4 Å². The van der Waals surface area contributed by atoms with E-state index in [4.69, 9.17) is 5.11 Å². The Morgan fingerprint density at radius 3 is 2.35 bits per heavy atom. The lowest BCUT2D eigenvalue weighted by atomic mass is 9.74. The molecule has 7 nitrogen and oxygen atoms in total. The Morgan fingerprint density at radius 2 is 1.94 bits per heavy atom. The molecule has 7 heteroatoms. The molecule has 1 aliphatic rings. The van der Waals surface area contributed by atoms with Gasteiger partial charge in [-0.2, -0.15) is 0 Å². The zero-order chi connectivity index (χ0) is 12.9. The third kappa shape index (κ3) is 3.93. The van der Waals surface area contributed by atoms with Crippen LogP contribution in [-0.2, 0) is 9.59 Å². The number of hydrogen-bond donors (Lipinski definition) is 4. The topological polar surface area (TPSA) is 108 Å². The lowest BCUT2D eigenvalue weighted by molar-refractivity contribution is -0.139. The standard InChI is InChI=1S/C10H17N3O4/c1-11-7(14)6-12-9(17)13-10(3-2-4-10)5-8(15)16/h2-6H2,1H3,(H,11,14)(H,15,16)(H2,12,13,17). The van der Waals surface area contributed by atoms with Crippen molar-refractivity contribution >= 4 is 17.9 Å². The van der Waals surface area contributed by atoms with Gasteiger partial charge in [0.2, 0.25) is 5.91 Å². The van der Waals surface area contributed by atoms with Crippen molar-refractivity contribution in [3.05, 3.63) is 0 Å². The number of carbonyl (C=O) groups is 3. The van der Waals surface area contributed by atoms with E-state index in [2.05, 4.69) is 16.0 Å². The number of likely N-dealkylation sites (N-methyl/N-ethyl adjacent to an activating group) is 1. The molecule has 0 aromatic carbocycles. The SMILES string of the molecule is CNC(=O)CNC(=O)NC1(CC(=O)O)CCC1. The Labute approximate surface area is 98.9 Å². The molecule has 0 aromatic rings. The largest absolute Gasteiger partial charge is 0.481 e. The van der Waals surface area contributed by atoms with Crippen LogP contribution in [0.25, 0.3) is 0 Å². The lowest BCUT2D eigenvalue weighted by Gasteiger charge is -2.41. The second-order valence-electron chi connectivity index (χ2n) is 4.19. The average Bonchev–Trinajstić information content (AvgIpc) is 2.22. The van der Waals surface area contributed by atoms with Crippen LogP contribution in [0.4, 0.5) is 4.79 Å². The minimum atomic E-state index is -0.934. The van der Waals surface area contributed by atoms with E-state index in [1.54, 1.807) is 0 Å². The summed E-state index contributed by atoms with van der Waals surface area (Å²) in [5, 5.41) is 16.1. The highest BCUT2D eigenvalue weighted by atomic mass is 16.4. The minimum Gasteiger partial charge on any atom is -0.481 e. The van der Waals surface area contributed by atoms with Gasteiger partial charge in [-0.05, 0) is 19.3 Å². The monoisotopic (exact) mass is 243 g/mol. The van der Waals surface area contributed by atoms with Gasteiger partial charge in [0.1, 0.15) is 0 Å². The number of rotatable bonds is 5. The molecule has 0 unspecified atom stereocenters. The van der Waals surface area contributed by atoms with Crippen LogP contribution in [0, 0.1) is 0 Å². The van der Waals surface area contributed by atoms with Crippen molar-refractivity contribution in [3.63, 3.8) is 0 Å². The molecule has 1 fully saturated rings. The predicted molar refractivity (Wildman–Crippen MR) is 59.4 cm³/mol. The van der Waals surface area contributed by atoms with E-state index in [0.29, 0.717) is 12.8 Å². The molecule has 3 amide bonds. The fraction of sp³-hybridized carbons (Fsp3) is 0.700. The summed E-state index contributed by atoms with van der Waals surface area (Å²) < 4.78 is 0. The van der Waals surface area contributed by atoms with Gasteiger partial charge in [0.15, 0.2) is 0 Å². The van der Waals surface area contributed by atoms with Crippen LogP contribution in [-0.4, -0.2) is 42.1 Å². The lowest BCUT2D eigenvalue weighted by Crippen LogP contribution is -2.57. The first kappa shape index (κ1) is 13.3. The third-order valence-electron chi connectivity index (χ3n) is 2.87. The van der Waals surface area contributed by atoms with Crippen LogP contribution >= 0.6 is 0 Å². The van der Waals surface area contributed by atoms with Gasteiger partial charge in [0.05, 0.1) is 18.5 Å². The molecule has 0 spiro atoms. The highest BCUT2D eigenvalue weighted by Gasteiger charge is 2.40. The van der Waals surface area contributed by atoms with Gasteiger partial charge in [-0.25, -0.2) is 4.79 Å². The van der Waals surface area contributed by atoms with E-state index in [1.807, 2.05) is 0 Å². The molecule has 0 heterocycles. The Hall–Kier alpha value is -1.79. The number of nitrogens with one attached hydrogen (secondary N) is 3. The van der Waals surface area contributed by atoms with Gasteiger partial charge in [-0.1, -0.05) is 0 Å². The first-order valence-electron chi connectivity index (χ1n) is 5.46. The fourth-order valence-corrected chi connectivity index (χ4v) is 1.77. The van der Waals surface area contributed by atoms with Gasteiger partial charge in [-0.3, -0.25) is 9.59 Å². The molecule has 0 saturated heterocycles. The Bertz CT molecular complexity index is 326. The van der Waals surface area contributed by atoms with Crippen LogP contribution in [0.15, 0.2) is 0 Å². The maximum atomic E-state index is 11.5. The first-order valence-corrected chi connectivity index (χ1v) is 5.46. The average molecular weight is 243 g/mol. The Morgan fingerprint density at radius 1 is 1.29 bits per heavy atom. The highest BCUT2D eigenvalue weighted by molar-refractivity contribution is 5.84. The molecule has 1 saturated carbocycles. The number of carboxylic acid groups (broad SMARTS) is 1. The Kier molecular flexibility index (Phi) is 4.30. The minimum absolute atomic E-state index is 0.0829. The number of hydrogen-bond acceptors (Lipinski definition) is 3. The number of amides is 3. The van der Waals surface area contributed by atoms with Crippen molar-refractivity contribution in [1.82, 2.24) is 16.0 Å². The molecule has 0 aromatic heterocycles. The normalized spacial score (nSPS) is 16.5. The molecule has 1 rings (SSSR count). The molecule has 17 heavy (non-hydrogen) atoms. The molecule has 0 aliphatic heterocycles. The van der Waals surface area contributed by atoms with Crippen molar-refractivity contribution in [2.75, 3.05) is 13.6 Å². The van der Waals surface area contributed by atoms with Crippen molar-refractivity contribution in [3.8, 4) is 0 Å². The van der Waals surface area contributed by atoms with Gasteiger partial charge >= 0.3 is 12.0 Å². The van der Waals surface area contributed by atoms with Crippen LogP contribution in [0.5, 0.6) is 0 Å². The second-order valence-corrected chi connectivity index (χ2v) is 4.19. The molecule has 0 atom stereocenters. The Balaban J connectivity index is 2.38. The van der Waals surface area contributed by atoms with Gasteiger partial charge in [-0.15, -0.1) is 0 Å². The fourth-order valence-electron chi connectivity index (χ4n) is 1.77. The third-order valence-corrected chi connectivity index (χ3v) is 2.87. The summed E-state index contributed by atoms with van der Waals surface area (Å²) in [5.74, 6) is -1.24. The van der Waals surface area contributed by atoms with Gasteiger partial charge in [0.25, 0.3) is 0 Å². The molecular formula is C10H17N3O4. The predicted octanol–water partition coefficient (Wildman–Crippen LogP) is -0.571. The molecular weight excluding hydrogens is 226 g/mol. The van der Waals surface area contributed by atoms with Crippen molar-refractivity contribution in [1.29, 1.82) is 0 Å². The summed E-state index contributed by atoms with van der Waals surface area (Å²) in [4.78, 5) is 33.0. The van der Waals surface area contributed by atoms with Crippen molar-refractivity contribution < 1.29 is 19.5 Å². The second kappa shape index (κ2) is 5.51. The smallest absolute Gasteiger partial charge is 0.315 e. The van der Waals surface area contributed by atoms with Crippen molar-refractivity contribution in [2.45, 2.75) is 31.2 Å². The molecule has 96 valence electrons. The molecule has 0 bridgehead atoms. The van der Waals surface area contributed by atoms with E-state index >= 15 is 0 Å². The maximum absolute atomic E-state index is 11.5. The zero-order valence-corrected chi connectivity index (χ0v) is 9.71. The molecule has 4 N–H and O–H groups in total. The summed E-state index contributed by atoms with van der Waals surface area (Å²) in [5.41, 5.74) is -0.640. The maximum Gasteiger partial charge on any atom is 0.315 e. The first-order chi connectivity index (χ1) is 7.97. The van der Waals surface area contributed by atoms with Crippen LogP contribution in [0.2, 0.25) is 0 Å². The summed E-state index contributed by atoms with van der Waals surface area (Å²) in [6.45, 7) is -0.120. The summed E-state index contributed by atoms with van der Waals surface area (Å²) in [6.07, 6.45) is 2.14. The van der Waals surface area contributed by atoms with E-state index < -0.39 is 17.5 Å². The van der Waals surface area contributed by atoms with E-state index in [0.717, 1.165) is 6.42 Å². The van der Waals surface area contributed by atoms with E-state index in [-0.39, 0.29) is 18.9 Å². The van der Waals surface area contributed by atoms with Gasteiger partial charge in [0, 0.05) is 7.05 Å². The highest BCUT2D eigenvalue weighted by Crippen LogP contribution is 2.34. The number of urea groups is 1. The number of aliphatic carboxylic acids is 1. The quantitative estimate of drug-likeness (QED) is 0.518. The summed E-state index contributed by atoms with van der Waals surface area (Å²) in [7, 11) is 1.47. The summed E-state index contributed by atoms with van der Waals surface area (Å²) >= 11 is 0. The van der Waals surface area contributed by atoms with Crippen LogP contribution < -0.4 is 16.0 Å². The van der Waals surface area contributed by atoms with Crippen LogP contribution in [0.3, 0.4) is 0 Å². The van der Waals surface area contributed by atoms with Crippen LogP contribution in [0.1, 0.15) is 25.7 Å².